The third-order valence-electron chi connectivity index (χ3n) is 2.96. The number of benzene rings is 1. The van der Waals surface area contributed by atoms with Gasteiger partial charge in [-0.2, -0.15) is 0 Å². The SMILES string of the molecule is CCCCCS(=O)CC(=O)c1cc(C)ccc1C. The normalized spacial score (nSPS) is 12.4. The summed E-state index contributed by atoms with van der Waals surface area (Å²) in [4.78, 5) is 12.1. The molecule has 0 heterocycles. The molecule has 0 spiro atoms. The summed E-state index contributed by atoms with van der Waals surface area (Å²) in [6.45, 7) is 6.01. The predicted octanol–water partition coefficient (Wildman–Crippen LogP) is 3.43. The monoisotopic (exact) mass is 266 g/mol. The number of hydrogen-bond acceptors (Lipinski definition) is 2. The molecule has 0 bridgehead atoms. The number of aryl methyl sites for hydroxylation is 2. The Kier molecular flexibility index (Phi) is 6.27. The third kappa shape index (κ3) is 4.73. The fourth-order valence-electron chi connectivity index (χ4n) is 1.85. The molecule has 1 unspecified atom stereocenters. The van der Waals surface area contributed by atoms with E-state index in [1.165, 1.54) is 0 Å². The molecule has 0 radical (unpaired) electrons. The summed E-state index contributed by atoms with van der Waals surface area (Å²) in [6.07, 6.45) is 3.15. The Labute approximate surface area is 112 Å². The highest BCUT2D eigenvalue weighted by Crippen LogP contribution is 2.12. The maximum atomic E-state index is 12.1. The molecule has 0 N–H and O–H groups in total. The van der Waals surface area contributed by atoms with Crippen LogP contribution in [-0.4, -0.2) is 21.5 Å². The highest BCUT2D eigenvalue weighted by atomic mass is 32.2. The van der Waals surface area contributed by atoms with Gasteiger partial charge in [0.25, 0.3) is 0 Å². The van der Waals surface area contributed by atoms with Crippen molar-refractivity contribution < 1.29 is 9.00 Å². The van der Waals surface area contributed by atoms with Crippen LogP contribution in [0.25, 0.3) is 0 Å². The van der Waals surface area contributed by atoms with Gasteiger partial charge < -0.3 is 0 Å². The number of ketones is 1. The molecule has 1 aromatic carbocycles. The topological polar surface area (TPSA) is 34.1 Å². The second kappa shape index (κ2) is 7.47. The van der Waals surface area contributed by atoms with Gasteiger partial charge in [0.15, 0.2) is 5.78 Å². The molecule has 0 aliphatic heterocycles. The maximum Gasteiger partial charge on any atom is 0.175 e. The van der Waals surface area contributed by atoms with Crippen molar-refractivity contribution in [3.63, 3.8) is 0 Å². The Morgan fingerprint density at radius 1 is 1.22 bits per heavy atom. The minimum atomic E-state index is -1.02. The third-order valence-corrected chi connectivity index (χ3v) is 4.29. The Hall–Kier alpha value is -0.960. The minimum absolute atomic E-state index is 0.00559. The van der Waals surface area contributed by atoms with Gasteiger partial charge in [-0.25, -0.2) is 0 Å². The molecule has 1 rings (SSSR count). The molecule has 0 saturated heterocycles. The summed E-state index contributed by atoms with van der Waals surface area (Å²) in [5, 5.41) is 0. The quantitative estimate of drug-likeness (QED) is 0.560. The fourth-order valence-corrected chi connectivity index (χ4v) is 2.96. The second-order valence-corrected chi connectivity index (χ2v) is 6.31. The van der Waals surface area contributed by atoms with Gasteiger partial charge in [0.05, 0.1) is 5.75 Å². The zero-order valence-corrected chi connectivity index (χ0v) is 12.3. The number of carbonyl (C=O) groups is 1. The maximum absolute atomic E-state index is 12.1. The van der Waals surface area contributed by atoms with Gasteiger partial charge in [-0.3, -0.25) is 9.00 Å². The molecular formula is C15H22O2S. The highest BCUT2D eigenvalue weighted by molar-refractivity contribution is 7.85. The van der Waals surface area contributed by atoms with Crippen LogP contribution in [0.4, 0.5) is 0 Å². The van der Waals surface area contributed by atoms with Crippen LogP contribution in [0.5, 0.6) is 0 Å². The van der Waals surface area contributed by atoms with E-state index in [1.807, 2.05) is 32.0 Å². The Morgan fingerprint density at radius 2 is 1.94 bits per heavy atom. The second-order valence-electron chi connectivity index (χ2n) is 4.74. The van der Waals surface area contributed by atoms with Gasteiger partial charge in [0, 0.05) is 22.1 Å². The Balaban J connectivity index is 2.59. The molecule has 0 fully saturated rings. The summed E-state index contributed by atoms with van der Waals surface area (Å²) >= 11 is 0. The first-order valence-electron chi connectivity index (χ1n) is 6.50. The van der Waals surface area contributed by atoms with E-state index in [4.69, 9.17) is 0 Å². The van der Waals surface area contributed by atoms with E-state index in [-0.39, 0.29) is 11.5 Å². The van der Waals surface area contributed by atoms with Crippen molar-refractivity contribution in [2.24, 2.45) is 0 Å². The molecule has 0 aliphatic rings. The van der Waals surface area contributed by atoms with E-state index >= 15 is 0 Å². The summed E-state index contributed by atoms with van der Waals surface area (Å²) in [5.41, 5.74) is 2.76. The zero-order valence-electron chi connectivity index (χ0n) is 11.5. The first-order chi connectivity index (χ1) is 8.54. The smallest absolute Gasteiger partial charge is 0.175 e. The Bertz CT molecular complexity index is 438. The predicted molar refractivity (Wildman–Crippen MR) is 77.6 cm³/mol. The lowest BCUT2D eigenvalue weighted by atomic mass is 10.0. The first-order valence-corrected chi connectivity index (χ1v) is 7.98. The van der Waals surface area contributed by atoms with Gasteiger partial charge in [-0.05, 0) is 31.9 Å². The van der Waals surface area contributed by atoms with E-state index in [0.717, 1.165) is 36.0 Å². The molecule has 0 saturated carbocycles. The lowest BCUT2D eigenvalue weighted by molar-refractivity contribution is 0.102. The van der Waals surface area contributed by atoms with Crippen LogP contribution < -0.4 is 0 Å². The summed E-state index contributed by atoms with van der Waals surface area (Å²) in [5.74, 6) is 0.810. The molecule has 0 aromatic heterocycles. The van der Waals surface area contributed by atoms with Gasteiger partial charge in [-0.1, -0.05) is 37.5 Å². The van der Waals surface area contributed by atoms with Gasteiger partial charge in [0.2, 0.25) is 0 Å². The van der Waals surface area contributed by atoms with Crippen molar-refractivity contribution in [1.29, 1.82) is 0 Å². The van der Waals surface area contributed by atoms with E-state index < -0.39 is 10.8 Å². The molecule has 100 valence electrons. The summed E-state index contributed by atoms with van der Waals surface area (Å²) in [7, 11) is -1.02. The van der Waals surface area contributed by atoms with Gasteiger partial charge in [-0.15, -0.1) is 0 Å². The van der Waals surface area contributed by atoms with Crippen molar-refractivity contribution in [1.82, 2.24) is 0 Å². The van der Waals surface area contributed by atoms with Crippen LogP contribution in [0.3, 0.4) is 0 Å². The van der Waals surface area contributed by atoms with Crippen LogP contribution >= 0.6 is 0 Å². The molecular weight excluding hydrogens is 244 g/mol. The molecule has 2 nitrogen and oxygen atoms in total. The molecule has 18 heavy (non-hydrogen) atoms. The highest BCUT2D eigenvalue weighted by Gasteiger charge is 2.12. The first kappa shape index (κ1) is 15.1. The van der Waals surface area contributed by atoms with E-state index in [2.05, 4.69) is 6.92 Å². The van der Waals surface area contributed by atoms with Crippen LogP contribution in [0.2, 0.25) is 0 Å². The lowest BCUT2D eigenvalue weighted by Crippen LogP contribution is -2.14. The number of hydrogen-bond donors (Lipinski definition) is 0. The molecule has 1 aromatic rings. The number of rotatable bonds is 7. The van der Waals surface area contributed by atoms with Crippen LogP contribution in [-0.2, 0) is 10.8 Å². The number of carbonyl (C=O) groups excluding carboxylic acids is 1. The van der Waals surface area contributed by atoms with E-state index in [0.29, 0.717) is 5.75 Å². The fraction of sp³-hybridized carbons (Fsp3) is 0.533. The molecule has 0 aliphatic carbocycles. The standard InChI is InChI=1S/C15H22O2S/c1-4-5-6-9-18(17)11-15(16)14-10-12(2)7-8-13(14)3/h7-8,10H,4-6,9,11H2,1-3H3. The van der Waals surface area contributed by atoms with Crippen molar-refractivity contribution in [2.75, 3.05) is 11.5 Å². The Morgan fingerprint density at radius 3 is 2.61 bits per heavy atom. The van der Waals surface area contributed by atoms with Crippen molar-refractivity contribution in [2.45, 2.75) is 40.0 Å². The van der Waals surface area contributed by atoms with Crippen molar-refractivity contribution in [3.8, 4) is 0 Å². The van der Waals surface area contributed by atoms with Crippen LogP contribution in [0.15, 0.2) is 18.2 Å². The molecule has 0 amide bonds. The largest absolute Gasteiger partial charge is 0.293 e. The average Bonchev–Trinajstić information content (AvgIpc) is 2.32. The minimum Gasteiger partial charge on any atom is -0.293 e. The van der Waals surface area contributed by atoms with Crippen molar-refractivity contribution in [3.05, 3.63) is 34.9 Å². The number of unbranched alkanes of at least 4 members (excludes halogenated alkanes) is 2. The number of Topliss-reactive ketones (excluding diaryl/α,β-unsaturated/α-hetero) is 1. The zero-order chi connectivity index (χ0) is 13.5. The van der Waals surface area contributed by atoms with Gasteiger partial charge in [0.1, 0.15) is 0 Å². The van der Waals surface area contributed by atoms with Crippen LogP contribution in [0.1, 0.15) is 47.7 Å². The summed E-state index contributed by atoms with van der Waals surface area (Å²) in [6, 6.07) is 5.83. The van der Waals surface area contributed by atoms with Gasteiger partial charge >= 0.3 is 0 Å². The van der Waals surface area contributed by atoms with E-state index in [1.54, 1.807) is 0 Å². The van der Waals surface area contributed by atoms with Crippen LogP contribution in [0, 0.1) is 13.8 Å². The molecule has 1 atom stereocenters. The summed E-state index contributed by atoms with van der Waals surface area (Å²) < 4.78 is 11.8. The van der Waals surface area contributed by atoms with Crippen molar-refractivity contribution >= 4 is 16.6 Å². The lowest BCUT2D eigenvalue weighted by Gasteiger charge is -2.06. The van der Waals surface area contributed by atoms with E-state index in [9.17, 15) is 9.00 Å². The average molecular weight is 266 g/mol. The molecule has 3 heteroatoms.